The molecule has 0 saturated carbocycles. The first-order valence-corrected chi connectivity index (χ1v) is 18.9. The molecule has 0 saturated heterocycles. The molecule has 0 fully saturated rings. The second-order valence-corrected chi connectivity index (χ2v) is 13.9. The van der Waals surface area contributed by atoms with Gasteiger partial charge in [-0.05, 0) is 54.5 Å². The molecule has 7 heteroatoms. The first-order chi connectivity index (χ1) is 27.8. The van der Waals surface area contributed by atoms with E-state index < -0.39 is 0 Å². The van der Waals surface area contributed by atoms with Crippen LogP contribution < -0.4 is 0 Å². The van der Waals surface area contributed by atoms with Crippen LogP contribution in [0.2, 0.25) is 0 Å². The molecule has 3 heterocycles. The first kappa shape index (κ1) is 41.2. The van der Waals surface area contributed by atoms with Crippen molar-refractivity contribution >= 4 is 0 Å². The summed E-state index contributed by atoms with van der Waals surface area (Å²) in [6.45, 7) is 6.22. The van der Waals surface area contributed by atoms with Crippen molar-refractivity contribution < 1.29 is 20.1 Å². The van der Waals surface area contributed by atoms with Crippen molar-refractivity contribution in [2.45, 2.75) is 20.8 Å². The van der Waals surface area contributed by atoms with E-state index >= 15 is 0 Å². The van der Waals surface area contributed by atoms with E-state index in [9.17, 15) is 0 Å². The van der Waals surface area contributed by atoms with E-state index in [4.69, 9.17) is 0 Å². The summed E-state index contributed by atoms with van der Waals surface area (Å²) in [4.78, 5) is 13.4. The Balaban J connectivity index is 0.000000145. The molecule has 0 spiro atoms. The zero-order valence-corrected chi connectivity index (χ0v) is 36.0. The van der Waals surface area contributed by atoms with Crippen LogP contribution in [0, 0.1) is 39.0 Å². The summed E-state index contributed by atoms with van der Waals surface area (Å²) in [5.74, 6) is 0. The molecular formula is C51H45IrN6. The van der Waals surface area contributed by atoms with Crippen LogP contribution in [0.1, 0.15) is 17.1 Å². The van der Waals surface area contributed by atoms with Crippen LogP contribution in [-0.2, 0) is 41.2 Å². The zero-order chi connectivity index (χ0) is 39.7. The van der Waals surface area contributed by atoms with Crippen LogP contribution in [0.3, 0.4) is 0 Å². The molecule has 288 valence electrons. The van der Waals surface area contributed by atoms with Crippen molar-refractivity contribution in [1.82, 2.24) is 28.7 Å². The number of imidazole rings is 3. The van der Waals surface area contributed by atoms with E-state index in [0.717, 1.165) is 50.9 Å². The Morgan fingerprint density at radius 3 is 0.845 bits per heavy atom. The Bertz CT molecular complexity index is 2390. The summed E-state index contributed by atoms with van der Waals surface area (Å²) in [5, 5.41) is 0. The molecule has 6 aromatic carbocycles. The van der Waals surface area contributed by atoms with Gasteiger partial charge in [-0.15, -0.1) is 106 Å². The molecule has 0 bridgehead atoms. The van der Waals surface area contributed by atoms with Crippen molar-refractivity contribution in [3.8, 4) is 67.2 Å². The number of nitrogens with zero attached hydrogens (tertiary/aromatic N) is 6. The smallest absolute Gasteiger partial charge is 0.347 e. The van der Waals surface area contributed by atoms with E-state index in [2.05, 4.69) is 163 Å². The number of hydrogen-bond acceptors (Lipinski definition) is 3. The molecule has 0 radical (unpaired) electrons. The van der Waals surface area contributed by atoms with E-state index in [0.29, 0.717) is 0 Å². The average Bonchev–Trinajstić information content (AvgIpc) is 3.92. The van der Waals surface area contributed by atoms with Crippen molar-refractivity contribution in [3.63, 3.8) is 0 Å². The fourth-order valence-corrected chi connectivity index (χ4v) is 6.51. The number of aryl methyl sites for hydroxylation is 3. The normalized spacial score (nSPS) is 10.4. The predicted octanol–water partition coefficient (Wildman–Crippen LogP) is 11.6. The largest absolute Gasteiger partial charge is 3.00 e. The Kier molecular flexibility index (Phi) is 13.6. The topological polar surface area (TPSA) is 53.5 Å². The molecular weight excluding hydrogens is 889 g/mol. The van der Waals surface area contributed by atoms with Gasteiger partial charge in [0.05, 0.1) is 19.0 Å². The molecule has 9 rings (SSSR count). The molecule has 0 aliphatic rings. The van der Waals surface area contributed by atoms with Gasteiger partial charge in [0.15, 0.2) is 0 Å². The Hall–Kier alpha value is -6.40. The number of rotatable bonds is 6. The van der Waals surface area contributed by atoms with Gasteiger partial charge >= 0.3 is 20.1 Å². The molecule has 0 amide bonds. The van der Waals surface area contributed by atoms with Gasteiger partial charge in [-0.2, -0.15) is 0 Å². The quantitative estimate of drug-likeness (QED) is 0.156. The summed E-state index contributed by atoms with van der Waals surface area (Å²) in [5.41, 5.74) is 16.8. The van der Waals surface area contributed by atoms with Crippen LogP contribution in [0.25, 0.3) is 67.2 Å². The van der Waals surface area contributed by atoms with E-state index in [1.165, 1.54) is 33.4 Å². The summed E-state index contributed by atoms with van der Waals surface area (Å²) < 4.78 is 6.08. The van der Waals surface area contributed by atoms with Crippen LogP contribution in [0.4, 0.5) is 0 Å². The van der Waals surface area contributed by atoms with E-state index in [1.807, 2.05) is 90.2 Å². The molecule has 0 unspecified atom stereocenters. The minimum atomic E-state index is 0. The maximum absolute atomic E-state index is 4.45. The van der Waals surface area contributed by atoms with Gasteiger partial charge < -0.3 is 13.7 Å². The van der Waals surface area contributed by atoms with Crippen LogP contribution in [0.5, 0.6) is 0 Å². The molecule has 6 nitrogen and oxygen atoms in total. The van der Waals surface area contributed by atoms with Gasteiger partial charge in [-0.25, -0.2) is 0 Å². The van der Waals surface area contributed by atoms with E-state index in [-0.39, 0.29) is 20.1 Å². The fourth-order valence-electron chi connectivity index (χ4n) is 6.51. The summed E-state index contributed by atoms with van der Waals surface area (Å²) >= 11 is 0. The Morgan fingerprint density at radius 1 is 0.362 bits per heavy atom. The molecule has 0 aliphatic carbocycles. The van der Waals surface area contributed by atoms with Crippen molar-refractivity contribution in [2.24, 2.45) is 21.1 Å². The molecule has 9 aromatic rings. The van der Waals surface area contributed by atoms with Gasteiger partial charge in [-0.3, -0.25) is 15.0 Å². The summed E-state index contributed by atoms with van der Waals surface area (Å²) in [6.07, 6.45) is 5.52. The fraction of sp³-hybridized carbons (Fsp3) is 0.118. The zero-order valence-electron chi connectivity index (χ0n) is 33.6. The SMILES string of the molecule is Cc1c(-c2[c-]ccc(-c3ccccc3)c2)ncn1C.Cc1c(-c2[c-]ccc(-c3ccccc3)c2)ncn1C.Cc1c(-c2[c-]ccc(-c3ccccc3)c2)ncn1C.[Ir+3]. The van der Waals surface area contributed by atoms with Gasteiger partial charge in [-0.1, -0.05) is 91.0 Å². The number of hydrogen-bond donors (Lipinski definition) is 0. The van der Waals surface area contributed by atoms with Gasteiger partial charge in [0.25, 0.3) is 0 Å². The van der Waals surface area contributed by atoms with Crippen molar-refractivity contribution in [3.05, 3.63) is 200 Å². The van der Waals surface area contributed by atoms with Crippen LogP contribution in [-0.4, -0.2) is 28.7 Å². The third-order valence-corrected chi connectivity index (χ3v) is 10.2. The molecule has 0 N–H and O–H groups in total. The van der Waals surface area contributed by atoms with Crippen LogP contribution in [0.15, 0.2) is 165 Å². The average molecular weight is 934 g/mol. The maximum Gasteiger partial charge on any atom is 3.00 e. The van der Waals surface area contributed by atoms with Crippen LogP contribution >= 0.6 is 0 Å². The predicted molar refractivity (Wildman–Crippen MR) is 233 cm³/mol. The second kappa shape index (κ2) is 19.2. The summed E-state index contributed by atoms with van der Waals surface area (Å²) in [6, 6.07) is 59.5. The van der Waals surface area contributed by atoms with Gasteiger partial charge in [0.1, 0.15) is 0 Å². The monoisotopic (exact) mass is 934 g/mol. The van der Waals surface area contributed by atoms with Gasteiger partial charge in [0, 0.05) is 38.2 Å². The Labute approximate surface area is 355 Å². The molecule has 0 aliphatic heterocycles. The third kappa shape index (κ3) is 9.58. The summed E-state index contributed by atoms with van der Waals surface area (Å²) in [7, 11) is 6.02. The maximum atomic E-state index is 4.45. The third-order valence-electron chi connectivity index (χ3n) is 10.2. The van der Waals surface area contributed by atoms with E-state index in [1.54, 1.807) is 0 Å². The number of benzene rings is 6. The minimum Gasteiger partial charge on any atom is -0.347 e. The van der Waals surface area contributed by atoms with Crippen molar-refractivity contribution in [1.29, 1.82) is 0 Å². The minimum absolute atomic E-state index is 0. The molecule has 58 heavy (non-hydrogen) atoms. The molecule has 0 atom stereocenters. The van der Waals surface area contributed by atoms with Gasteiger partial charge in [0.2, 0.25) is 0 Å². The standard InChI is InChI=1S/3C17H15N2.Ir/c3*1-13-17(18-12-19(13)2)16-10-6-9-15(11-16)14-7-4-3-5-8-14;/h3*3-9,11-12H,1-2H3;/q3*-1;+3. The first-order valence-electron chi connectivity index (χ1n) is 18.9. The second-order valence-electron chi connectivity index (χ2n) is 13.9. The molecule has 3 aromatic heterocycles. The van der Waals surface area contributed by atoms with Crippen molar-refractivity contribution in [2.75, 3.05) is 0 Å². The Morgan fingerprint density at radius 2 is 0.621 bits per heavy atom. The number of aromatic nitrogens is 6.